The molecule has 106 valence electrons. The number of nitrogens with zero attached hydrogens (tertiary/aromatic N) is 1. The molecule has 19 heavy (non-hydrogen) atoms. The Morgan fingerprint density at radius 2 is 1.42 bits per heavy atom. The molecule has 0 heterocycles. The summed E-state index contributed by atoms with van der Waals surface area (Å²) in [5.74, 6) is 1.52. The fourth-order valence-corrected chi connectivity index (χ4v) is 2.02. The SMILES string of the molecule is C=Cc1ccc(N(CCC(C)C)CCC(C)C)cc1. The van der Waals surface area contributed by atoms with Gasteiger partial charge in [-0.3, -0.25) is 0 Å². The zero-order chi connectivity index (χ0) is 14.3. The van der Waals surface area contributed by atoms with E-state index in [9.17, 15) is 0 Å². The van der Waals surface area contributed by atoms with Crippen LogP contribution in [0, 0.1) is 11.8 Å². The molecule has 1 aromatic carbocycles. The summed E-state index contributed by atoms with van der Waals surface area (Å²) in [6.07, 6.45) is 4.40. The first kappa shape index (κ1) is 15.8. The van der Waals surface area contributed by atoms with Gasteiger partial charge in [0.2, 0.25) is 0 Å². The van der Waals surface area contributed by atoms with E-state index in [1.54, 1.807) is 0 Å². The third-order valence-electron chi connectivity index (χ3n) is 3.45. The van der Waals surface area contributed by atoms with E-state index in [0.29, 0.717) is 0 Å². The highest BCUT2D eigenvalue weighted by Crippen LogP contribution is 2.19. The maximum atomic E-state index is 3.81. The van der Waals surface area contributed by atoms with Crippen molar-refractivity contribution in [2.45, 2.75) is 40.5 Å². The number of hydrogen-bond acceptors (Lipinski definition) is 1. The zero-order valence-electron chi connectivity index (χ0n) is 13.0. The molecule has 0 atom stereocenters. The molecule has 1 nitrogen and oxygen atoms in total. The third kappa shape index (κ3) is 5.96. The lowest BCUT2D eigenvalue weighted by Gasteiger charge is -2.26. The molecule has 0 aromatic heterocycles. The molecular weight excluding hydrogens is 230 g/mol. The topological polar surface area (TPSA) is 3.24 Å². The lowest BCUT2D eigenvalue weighted by Crippen LogP contribution is -2.27. The minimum absolute atomic E-state index is 0.758. The van der Waals surface area contributed by atoms with Gasteiger partial charge < -0.3 is 4.90 Å². The fourth-order valence-electron chi connectivity index (χ4n) is 2.02. The first-order valence-electron chi connectivity index (χ1n) is 7.50. The average molecular weight is 259 g/mol. The van der Waals surface area contributed by atoms with Crippen LogP contribution >= 0.6 is 0 Å². The Morgan fingerprint density at radius 1 is 0.947 bits per heavy atom. The summed E-state index contributed by atoms with van der Waals surface area (Å²) in [6, 6.07) is 8.75. The van der Waals surface area contributed by atoms with Crippen molar-refractivity contribution in [3.05, 3.63) is 36.4 Å². The molecule has 0 radical (unpaired) electrons. The lowest BCUT2D eigenvalue weighted by molar-refractivity contribution is 0.535. The first-order valence-corrected chi connectivity index (χ1v) is 7.50. The van der Waals surface area contributed by atoms with Gasteiger partial charge in [0.05, 0.1) is 0 Å². The van der Waals surface area contributed by atoms with Gasteiger partial charge in [0.15, 0.2) is 0 Å². The van der Waals surface area contributed by atoms with Crippen molar-refractivity contribution in [3.63, 3.8) is 0 Å². The van der Waals surface area contributed by atoms with E-state index in [1.165, 1.54) is 24.1 Å². The minimum Gasteiger partial charge on any atom is -0.372 e. The summed E-state index contributed by atoms with van der Waals surface area (Å²) in [6.45, 7) is 15.3. The van der Waals surface area contributed by atoms with Crippen LogP contribution in [0.1, 0.15) is 46.1 Å². The summed E-state index contributed by atoms with van der Waals surface area (Å²) >= 11 is 0. The van der Waals surface area contributed by atoms with Gasteiger partial charge in [-0.05, 0) is 42.4 Å². The number of benzene rings is 1. The Labute approximate surface area is 119 Å². The first-order chi connectivity index (χ1) is 9.02. The number of anilines is 1. The van der Waals surface area contributed by atoms with Gasteiger partial charge in [0.1, 0.15) is 0 Å². The van der Waals surface area contributed by atoms with Crippen LogP contribution in [0.3, 0.4) is 0 Å². The molecule has 0 aliphatic rings. The predicted molar refractivity (Wildman–Crippen MR) is 87.7 cm³/mol. The minimum atomic E-state index is 0.758. The van der Waals surface area contributed by atoms with Crippen molar-refractivity contribution in [1.82, 2.24) is 0 Å². The molecule has 1 aromatic rings. The number of rotatable bonds is 8. The van der Waals surface area contributed by atoms with Crippen LogP contribution in [-0.4, -0.2) is 13.1 Å². The molecule has 0 N–H and O–H groups in total. The Bertz CT molecular complexity index is 350. The number of hydrogen-bond donors (Lipinski definition) is 0. The Balaban J connectivity index is 2.71. The van der Waals surface area contributed by atoms with Gasteiger partial charge in [0, 0.05) is 18.8 Å². The smallest absolute Gasteiger partial charge is 0.0366 e. The summed E-state index contributed by atoms with van der Waals surface area (Å²) in [5, 5.41) is 0. The van der Waals surface area contributed by atoms with E-state index < -0.39 is 0 Å². The highest BCUT2D eigenvalue weighted by atomic mass is 15.1. The van der Waals surface area contributed by atoms with E-state index >= 15 is 0 Å². The fraction of sp³-hybridized carbons (Fsp3) is 0.556. The van der Waals surface area contributed by atoms with E-state index in [2.05, 4.69) is 63.4 Å². The average Bonchev–Trinajstić information content (AvgIpc) is 2.38. The summed E-state index contributed by atoms with van der Waals surface area (Å²) in [7, 11) is 0. The van der Waals surface area contributed by atoms with Crippen LogP contribution in [0.2, 0.25) is 0 Å². The molecule has 0 unspecified atom stereocenters. The van der Waals surface area contributed by atoms with Crippen LogP contribution in [0.15, 0.2) is 30.8 Å². The monoisotopic (exact) mass is 259 g/mol. The molecule has 0 bridgehead atoms. The molecule has 0 fully saturated rings. The molecule has 0 saturated heterocycles. The van der Waals surface area contributed by atoms with Crippen LogP contribution in [0.25, 0.3) is 6.08 Å². The van der Waals surface area contributed by atoms with Gasteiger partial charge in [-0.15, -0.1) is 0 Å². The Morgan fingerprint density at radius 3 is 1.79 bits per heavy atom. The summed E-state index contributed by atoms with van der Waals surface area (Å²) in [4.78, 5) is 2.52. The summed E-state index contributed by atoms with van der Waals surface area (Å²) in [5.41, 5.74) is 2.53. The second kappa shape index (κ2) is 8.04. The largest absolute Gasteiger partial charge is 0.372 e. The van der Waals surface area contributed by atoms with E-state index in [-0.39, 0.29) is 0 Å². The van der Waals surface area contributed by atoms with Crippen molar-refractivity contribution in [3.8, 4) is 0 Å². The molecule has 0 spiro atoms. The highest BCUT2D eigenvalue weighted by molar-refractivity contribution is 5.54. The lowest BCUT2D eigenvalue weighted by atomic mass is 10.1. The van der Waals surface area contributed by atoms with E-state index in [4.69, 9.17) is 0 Å². The van der Waals surface area contributed by atoms with Crippen molar-refractivity contribution < 1.29 is 0 Å². The van der Waals surface area contributed by atoms with Gasteiger partial charge in [-0.1, -0.05) is 52.5 Å². The van der Waals surface area contributed by atoms with Gasteiger partial charge >= 0.3 is 0 Å². The second-order valence-electron chi connectivity index (χ2n) is 6.15. The van der Waals surface area contributed by atoms with Crippen LogP contribution in [-0.2, 0) is 0 Å². The molecule has 0 aliphatic carbocycles. The summed E-state index contributed by atoms with van der Waals surface area (Å²) < 4.78 is 0. The van der Waals surface area contributed by atoms with E-state index in [0.717, 1.165) is 24.9 Å². The van der Waals surface area contributed by atoms with Crippen LogP contribution in [0.5, 0.6) is 0 Å². The quantitative estimate of drug-likeness (QED) is 0.618. The third-order valence-corrected chi connectivity index (χ3v) is 3.45. The molecule has 0 amide bonds. The Hall–Kier alpha value is -1.24. The van der Waals surface area contributed by atoms with Crippen LogP contribution < -0.4 is 4.90 Å². The van der Waals surface area contributed by atoms with E-state index in [1.807, 2.05) is 6.08 Å². The molecule has 0 saturated carbocycles. The Kier molecular flexibility index (Phi) is 6.69. The van der Waals surface area contributed by atoms with Crippen molar-refractivity contribution >= 4 is 11.8 Å². The molecule has 1 heteroatoms. The van der Waals surface area contributed by atoms with Crippen molar-refractivity contribution in [1.29, 1.82) is 0 Å². The van der Waals surface area contributed by atoms with Crippen LogP contribution in [0.4, 0.5) is 5.69 Å². The highest BCUT2D eigenvalue weighted by Gasteiger charge is 2.08. The van der Waals surface area contributed by atoms with Crippen molar-refractivity contribution in [2.75, 3.05) is 18.0 Å². The van der Waals surface area contributed by atoms with Gasteiger partial charge in [-0.25, -0.2) is 0 Å². The van der Waals surface area contributed by atoms with Gasteiger partial charge in [-0.2, -0.15) is 0 Å². The maximum absolute atomic E-state index is 3.81. The van der Waals surface area contributed by atoms with Crippen molar-refractivity contribution in [2.24, 2.45) is 11.8 Å². The molecule has 0 aliphatic heterocycles. The van der Waals surface area contributed by atoms with Gasteiger partial charge in [0.25, 0.3) is 0 Å². The molecular formula is C18H29N. The second-order valence-corrected chi connectivity index (χ2v) is 6.15. The maximum Gasteiger partial charge on any atom is 0.0366 e. The normalized spacial score (nSPS) is 11.1. The molecule has 1 rings (SSSR count). The predicted octanol–water partition coefficient (Wildman–Crippen LogP) is 5.23. The zero-order valence-corrected chi connectivity index (χ0v) is 13.0. The standard InChI is InChI=1S/C18H29N/c1-6-17-7-9-18(10-8-17)19(13-11-15(2)3)14-12-16(4)5/h6-10,15-16H,1,11-14H2,2-5H3.